The van der Waals surface area contributed by atoms with Crippen molar-refractivity contribution in [2.45, 2.75) is 25.3 Å². The zero-order valence-electron chi connectivity index (χ0n) is 13.3. The lowest BCUT2D eigenvalue weighted by molar-refractivity contribution is -0.141. The zero-order chi connectivity index (χ0) is 17.1. The van der Waals surface area contributed by atoms with E-state index in [0.717, 1.165) is 16.0 Å². The summed E-state index contributed by atoms with van der Waals surface area (Å²) in [6.45, 7) is 4.00. The molecule has 0 aliphatic rings. The number of nitrogens with zero attached hydrogens (tertiary/aromatic N) is 1. The highest BCUT2D eigenvalue weighted by Crippen LogP contribution is 2.23. The first kappa shape index (κ1) is 16.7. The zero-order valence-corrected chi connectivity index (χ0v) is 14.9. The third-order valence-electron chi connectivity index (χ3n) is 3.42. The number of thiophene rings is 1. The topological polar surface area (TPSA) is 72.0 Å². The number of carbonyl (C=O) groups excluding carboxylic acids is 1. The van der Waals surface area contributed by atoms with Crippen molar-refractivity contribution >= 4 is 39.3 Å². The molecule has 0 fully saturated rings. The van der Waals surface area contributed by atoms with Crippen LogP contribution in [-0.4, -0.2) is 21.7 Å². The molecular formula is C17H16N2O3S2. The van der Waals surface area contributed by atoms with Crippen LogP contribution in [0.4, 0.5) is 0 Å². The van der Waals surface area contributed by atoms with Gasteiger partial charge in [0, 0.05) is 4.90 Å². The standard InChI is InChI=1S/C17H16N2O3S2/c1-10-3-4-11(2)13(7-10)24-9-15(20)22-8-14-18-12-5-6-23-16(12)17(21)19-14/h3-7H,8-9H2,1-2H3,(H,18,19,21). The summed E-state index contributed by atoms with van der Waals surface area (Å²) in [5, 5.41) is 1.81. The molecule has 2 aromatic heterocycles. The number of rotatable bonds is 5. The number of hydrogen-bond acceptors (Lipinski definition) is 6. The number of aromatic amines is 1. The van der Waals surface area contributed by atoms with E-state index in [0.29, 0.717) is 16.0 Å². The van der Waals surface area contributed by atoms with Crippen LogP contribution in [0.25, 0.3) is 10.2 Å². The van der Waals surface area contributed by atoms with Crippen molar-refractivity contribution < 1.29 is 9.53 Å². The lowest BCUT2D eigenvalue weighted by Gasteiger charge is -2.07. The number of carbonyl (C=O) groups is 1. The van der Waals surface area contributed by atoms with Crippen molar-refractivity contribution in [1.82, 2.24) is 9.97 Å². The molecule has 124 valence electrons. The van der Waals surface area contributed by atoms with Gasteiger partial charge in [0.1, 0.15) is 17.1 Å². The Bertz CT molecular complexity index is 946. The molecule has 1 N–H and O–H groups in total. The van der Waals surface area contributed by atoms with Gasteiger partial charge < -0.3 is 9.72 Å². The van der Waals surface area contributed by atoms with Gasteiger partial charge in [-0.05, 0) is 36.9 Å². The van der Waals surface area contributed by atoms with E-state index in [1.165, 1.54) is 23.1 Å². The van der Waals surface area contributed by atoms with Crippen LogP contribution in [0.15, 0.2) is 39.3 Å². The molecule has 0 spiro atoms. The first-order valence-electron chi connectivity index (χ1n) is 7.35. The number of ether oxygens (including phenoxy) is 1. The average Bonchev–Trinajstić information content (AvgIpc) is 3.03. The number of aromatic nitrogens is 2. The summed E-state index contributed by atoms with van der Waals surface area (Å²) in [5.41, 5.74) is 2.71. The van der Waals surface area contributed by atoms with Crippen LogP contribution in [0, 0.1) is 13.8 Å². The lowest BCUT2D eigenvalue weighted by Crippen LogP contribution is -2.14. The predicted molar refractivity (Wildman–Crippen MR) is 96.7 cm³/mol. The molecule has 0 unspecified atom stereocenters. The van der Waals surface area contributed by atoms with Gasteiger partial charge in [0.2, 0.25) is 0 Å². The van der Waals surface area contributed by atoms with E-state index in [-0.39, 0.29) is 23.9 Å². The van der Waals surface area contributed by atoms with Gasteiger partial charge in [-0.3, -0.25) is 9.59 Å². The first-order valence-corrected chi connectivity index (χ1v) is 9.21. The number of benzene rings is 1. The van der Waals surface area contributed by atoms with Gasteiger partial charge >= 0.3 is 5.97 Å². The third-order valence-corrected chi connectivity index (χ3v) is 5.46. The van der Waals surface area contributed by atoms with Gasteiger partial charge in [0.05, 0.1) is 11.3 Å². The summed E-state index contributed by atoms with van der Waals surface area (Å²) in [7, 11) is 0. The largest absolute Gasteiger partial charge is 0.457 e. The maximum Gasteiger partial charge on any atom is 0.316 e. The van der Waals surface area contributed by atoms with Crippen LogP contribution < -0.4 is 5.56 Å². The summed E-state index contributed by atoms with van der Waals surface area (Å²) in [5.74, 6) is 0.236. The summed E-state index contributed by atoms with van der Waals surface area (Å²) in [4.78, 5) is 31.8. The second-order valence-corrected chi connectivity index (χ2v) is 7.30. The van der Waals surface area contributed by atoms with Crippen LogP contribution in [0.5, 0.6) is 0 Å². The fraction of sp³-hybridized carbons (Fsp3) is 0.235. The Kier molecular flexibility index (Phi) is 5.01. The second-order valence-electron chi connectivity index (χ2n) is 5.37. The Hall–Kier alpha value is -2.12. The van der Waals surface area contributed by atoms with Crippen molar-refractivity contribution in [1.29, 1.82) is 0 Å². The van der Waals surface area contributed by atoms with Crippen molar-refractivity contribution in [3.63, 3.8) is 0 Å². The minimum atomic E-state index is -0.339. The molecule has 0 saturated heterocycles. The SMILES string of the molecule is Cc1ccc(C)c(SCC(=O)OCc2nc3ccsc3c(=O)[nH]2)c1. The van der Waals surface area contributed by atoms with Crippen LogP contribution >= 0.6 is 23.1 Å². The molecule has 0 saturated carbocycles. The smallest absolute Gasteiger partial charge is 0.316 e. The molecule has 2 heterocycles. The Balaban J connectivity index is 1.58. The van der Waals surface area contributed by atoms with E-state index in [1.54, 1.807) is 6.07 Å². The first-order chi connectivity index (χ1) is 11.5. The van der Waals surface area contributed by atoms with Gasteiger partial charge in [-0.2, -0.15) is 0 Å². The van der Waals surface area contributed by atoms with E-state index in [9.17, 15) is 9.59 Å². The van der Waals surface area contributed by atoms with Crippen LogP contribution in [0.2, 0.25) is 0 Å². The Labute approximate surface area is 147 Å². The number of thioether (sulfide) groups is 1. The molecule has 0 amide bonds. The number of H-pyrrole nitrogens is 1. The number of fused-ring (bicyclic) bond motifs is 1. The summed E-state index contributed by atoms with van der Waals surface area (Å²) >= 11 is 2.78. The van der Waals surface area contributed by atoms with Crippen LogP contribution in [-0.2, 0) is 16.1 Å². The van der Waals surface area contributed by atoms with E-state index in [2.05, 4.69) is 16.0 Å². The molecule has 1 aromatic carbocycles. The maximum atomic E-state index is 11.9. The van der Waals surface area contributed by atoms with Crippen molar-refractivity contribution in [3.05, 3.63) is 57.0 Å². The highest BCUT2D eigenvalue weighted by atomic mass is 32.2. The fourth-order valence-electron chi connectivity index (χ4n) is 2.18. The van der Waals surface area contributed by atoms with Gasteiger partial charge in [-0.25, -0.2) is 4.98 Å². The van der Waals surface area contributed by atoms with Gasteiger partial charge in [0.15, 0.2) is 0 Å². The van der Waals surface area contributed by atoms with Crippen LogP contribution in [0.1, 0.15) is 17.0 Å². The van der Waals surface area contributed by atoms with E-state index in [4.69, 9.17) is 4.74 Å². The minimum absolute atomic E-state index is 0.0345. The molecule has 24 heavy (non-hydrogen) atoms. The summed E-state index contributed by atoms with van der Waals surface area (Å²) < 4.78 is 5.79. The summed E-state index contributed by atoms with van der Waals surface area (Å²) in [6.07, 6.45) is 0. The Morgan fingerprint density at radius 1 is 1.33 bits per heavy atom. The molecule has 7 heteroatoms. The predicted octanol–water partition coefficient (Wildman–Crippen LogP) is 3.44. The van der Waals surface area contributed by atoms with E-state index >= 15 is 0 Å². The van der Waals surface area contributed by atoms with Gasteiger partial charge in [-0.1, -0.05) is 17.7 Å². The number of esters is 1. The molecule has 0 radical (unpaired) electrons. The van der Waals surface area contributed by atoms with E-state index in [1.807, 2.05) is 31.4 Å². The summed E-state index contributed by atoms with van der Waals surface area (Å²) in [6, 6.07) is 7.90. The van der Waals surface area contributed by atoms with E-state index < -0.39 is 0 Å². The van der Waals surface area contributed by atoms with Crippen molar-refractivity contribution in [2.75, 3.05) is 5.75 Å². The number of nitrogens with one attached hydrogen (secondary N) is 1. The molecule has 0 atom stereocenters. The van der Waals surface area contributed by atoms with Crippen molar-refractivity contribution in [2.24, 2.45) is 0 Å². The monoisotopic (exact) mass is 360 g/mol. The number of aryl methyl sites for hydroxylation is 2. The molecule has 3 aromatic rings. The molecule has 0 aliphatic heterocycles. The quantitative estimate of drug-likeness (QED) is 0.557. The van der Waals surface area contributed by atoms with Crippen LogP contribution in [0.3, 0.4) is 0 Å². The molecule has 0 aliphatic carbocycles. The molecule has 3 rings (SSSR count). The Morgan fingerprint density at radius 3 is 3.00 bits per heavy atom. The highest BCUT2D eigenvalue weighted by molar-refractivity contribution is 8.00. The molecular weight excluding hydrogens is 344 g/mol. The fourth-order valence-corrected chi connectivity index (χ4v) is 3.83. The van der Waals surface area contributed by atoms with Crippen molar-refractivity contribution in [3.8, 4) is 0 Å². The minimum Gasteiger partial charge on any atom is -0.457 e. The molecule has 5 nitrogen and oxygen atoms in total. The number of hydrogen-bond donors (Lipinski definition) is 1. The van der Waals surface area contributed by atoms with Gasteiger partial charge in [-0.15, -0.1) is 23.1 Å². The maximum absolute atomic E-state index is 11.9. The second kappa shape index (κ2) is 7.19. The highest BCUT2D eigenvalue weighted by Gasteiger charge is 2.09. The lowest BCUT2D eigenvalue weighted by atomic mass is 10.2. The normalized spacial score (nSPS) is 10.9. The average molecular weight is 360 g/mol. The Morgan fingerprint density at radius 2 is 2.17 bits per heavy atom. The third kappa shape index (κ3) is 3.85. The van der Waals surface area contributed by atoms with Gasteiger partial charge in [0.25, 0.3) is 5.56 Å². The molecule has 0 bridgehead atoms.